The second-order valence-electron chi connectivity index (χ2n) is 5.73. The molecule has 0 saturated heterocycles. The number of hydrogen-bond acceptors (Lipinski definition) is 5. The topological polar surface area (TPSA) is 85.2 Å². The molecule has 0 radical (unpaired) electrons. The Hall–Kier alpha value is -2.57. The number of rotatable bonds is 10. The Kier molecular flexibility index (Phi) is 7.44. The standard InChI is InChI=1S/C20H24O6/c1-3-25-19(20(22)23)11-14-7-9-16(10-8-14)26-13-18(21)15-5-4-6-17(12-15)24-2/h4-10,12,18-19,21H,3,11,13H2,1-2H3,(H,22,23)/t18-,19+/m1/s1. The first-order chi connectivity index (χ1) is 12.5. The van der Waals surface area contributed by atoms with Gasteiger partial charge in [0.15, 0.2) is 6.10 Å². The van der Waals surface area contributed by atoms with E-state index in [-0.39, 0.29) is 13.0 Å². The average molecular weight is 360 g/mol. The molecule has 2 aromatic rings. The SMILES string of the molecule is CCO[C@@H](Cc1ccc(OC[C@@H](O)c2cccc(OC)c2)cc1)C(=O)O. The molecule has 2 aromatic carbocycles. The molecule has 6 nitrogen and oxygen atoms in total. The summed E-state index contributed by atoms with van der Waals surface area (Å²) in [7, 11) is 1.57. The molecule has 2 N–H and O–H groups in total. The Bertz CT molecular complexity index is 698. The van der Waals surface area contributed by atoms with Crippen LogP contribution < -0.4 is 9.47 Å². The largest absolute Gasteiger partial charge is 0.497 e. The summed E-state index contributed by atoms with van der Waals surface area (Å²) in [6.45, 7) is 2.21. The van der Waals surface area contributed by atoms with Crippen molar-refractivity contribution in [3.8, 4) is 11.5 Å². The summed E-state index contributed by atoms with van der Waals surface area (Å²) < 4.78 is 16.0. The van der Waals surface area contributed by atoms with Crippen molar-refractivity contribution in [1.82, 2.24) is 0 Å². The van der Waals surface area contributed by atoms with Crippen LogP contribution in [-0.4, -0.2) is 42.6 Å². The zero-order chi connectivity index (χ0) is 18.9. The third-order valence-corrected chi connectivity index (χ3v) is 3.87. The van der Waals surface area contributed by atoms with Gasteiger partial charge in [-0.15, -0.1) is 0 Å². The summed E-state index contributed by atoms with van der Waals surface area (Å²) in [6.07, 6.45) is -1.35. The van der Waals surface area contributed by atoms with Gasteiger partial charge in [-0.2, -0.15) is 0 Å². The van der Waals surface area contributed by atoms with E-state index >= 15 is 0 Å². The lowest BCUT2D eigenvalue weighted by atomic mass is 10.1. The Morgan fingerprint density at radius 3 is 2.46 bits per heavy atom. The first-order valence-corrected chi connectivity index (χ1v) is 8.41. The molecule has 0 bridgehead atoms. The second-order valence-corrected chi connectivity index (χ2v) is 5.73. The lowest BCUT2D eigenvalue weighted by Crippen LogP contribution is -2.26. The number of aliphatic hydroxyl groups is 1. The summed E-state index contributed by atoms with van der Waals surface area (Å²) in [4.78, 5) is 11.1. The fourth-order valence-electron chi connectivity index (χ4n) is 2.47. The zero-order valence-corrected chi connectivity index (χ0v) is 14.9. The van der Waals surface area contributed by atoms with Crippen LogP contribution in [0.4, 0.5) is 0 Å². The monoisotopic (exact) mass is 360 g/mol. The third kappa shape index (κ3) is 5.75. The molecule has 0 saturated carbocycles. The maximum atomic E-state index is 11.1. The number of benzene rings is 2. The van der Waals surface area contributed by atoms with Crippen molar-refractivity contribution in [1.29, 1.82) is 0 Å². The highest BCUT2D eigenvalue weighted by Crippen LogP contribution is 2.21. The van der Waals surface area contributed by atoms with Gasteiger partial charge in [0.05, 0.1) is 7.11 Å². The van der Waals surface area contributed by atoms with Crippen molar-refractivity contribution in [2.75, 3.05) is 20.3 Å². The molecule has 6 heteroatoms. The van der Waals surface area contributed by atoms with Crippen LogP contribution in [0.2, 0.25) is 0 Å². The molecule has 0 aliphatic heterocycles. The van der Waals surface area contributed by atoms with E-state index in [1.807, 2.05) is 12.1 Å². The molecule has 0 aliphatic carbocycles. The average Bonchev–Trinajstić information content (AvgIpc) is 2.66. The van der Waals surface area contributed by atoms with Crippen molar-refractivity contribution in [2.45, 2.75) is 25.6 Å². The van der Waals surface area contributed by atoms with E-state index in [9.17, 15) is 9.90 Å². The number of methoxy groups -OCH3 is 1. The van der Waals surface area contributed by atoms with E-state index in [2.05, 4.69) is 0 Å². The quantitative estimate of drug-likeness (QED) is 0.678. The van der Waals surface area contributed by atoms with Gasteiger partial charge in [0.25, 0.3) is 0 Å². The summed E-state index contributed by atoms with van der Waals surface area (Å²) in [5, 5.41) is 19.4. The fraction of sp³-hybridized carbons (Fsp3) is 0.350. The molecule has 2 atom stereocenters. The Morgan fingerprint density at radius 1 is 1.12 bits per heavy atom. The van der Waals surface area contributed by atoms with Crippen molar-refractivity contribution in [3.05, 3.63) is 59.7 Å². The number of hydrogen-bond donors (Lipinski definition) is 2. The van der Waals surface area contributed by atoms with Crippen LogP contribution in [0, 0.1) is 0 Å². The van der Waals surface area contributed by atoms with Crippen LogP contribution >= 0.6 is 0 Å². The predicted molar refractivity (Wildman–Crippen MR) is 96.6 cm³/mol. The van der Waals surface area contributed by atoms with Gasteiger partial charge in [0, 0.05) is 13.0 Å². The van der Waals surface area contributed by atoms with Crippen molar-refractivity contribution >= 4 is 5.97 Å². The first kappa shape index (κ1) is 19.8. The summed E-state index contributed by atoms with van der Waals surface area (Å²) >= 11 is 0. The molecule has 0 spiro atoms. The summed E-state index contributed by atoms with van der Waals surface area (Å²) in [5.74, 6) is 0.292. The van der Waals surface area contributed by atoms with Gasteiger partial charge >= 0.3 is 5.97 Å². The van der Waals surface area contributed by atoms with E-state index < -0.39 is 18.2 Å². The minimum Gasteiger partial charge on any atom is -0.497 e. The molecular weight excluding hydrogens is 336 g/mol. The molecule has 0 unspecified atom stereocenters. The molecular formula is C20H24O6. The Balaban J connectivity index is 1.91. The lowest BCUT2D eigenvalue weighted by Gasteiger charge is -2.15. The van der Waals surface area contributed by atoms with Crippen LogP contribution in [0.15, 0.2) is 48.5 Å². The minimum absolute atomic E-state index is 0.100. The van der Waals surface area contributed by atoms with Crippen molar-refractivity contribution in [3.63, 3.8) is 0 Å². The number of ether oxygens (including phenoxy) is 3. The number of carbonyl (C=O) groups is 1. The van der Waals surface area contributed by atoms with Gasteiger partial charge < -0.3 is 24.4 Å². The smallest absolute Gasteiger partial charge is 0.333 e. The molecule has 0 amide bonds. The molecule has 0 aliphatic rings. The van der Waals surface area contributed by atoms with Crippen LogP contribution in [-0.2, 0) is 16.0 Å². The van der Waals surface area contributed by atoms with Gasteiger partial charge in [-0.3, -0.25) is 0 Å². The molecule has 140 valence electrons. The third-order valence-electron chi connectivity index (χ3n) is 3.87. The Morgan fingerprint density at radius 2 is 1.85 bits per heavy atom. The number of carboxylic acids is 1. The van der Waals surface area contributed by atoms with Gasteiger partial charge in [0.2, 0.25) is 0 Å². The second kappa shape index (κ2) is 9.79. The molecule has 0 fully saturated rings. The molecule has 26 heavy (non-hydrogen) atoms. The summed E-state index contributed by atoms with van der Waals surface area (Å²) in [6, 6.07) is 14.3. The fourth-order valence-corrected chi connectivity index (χ4v) is 2.47. The highest BCUT2D eigenvalue weighted by molar-refractivity contribution is 5.72. The maximum absolute atomic E-state index is 11.1. The predicted octanol–water partition coefficient (Wildman–Crippen LogP) is 2.84. The molecule has 2 rings (SSSR count). The van der Waals surface area contributed by atoms with Crippen LogP contribution in [0.1, 0.15) is 24.2 Å². The Labute approximate surface area is 152 Å². The van der Waals surface area contributed by atoms with Gasteiger partial charge in [-0.05, 0) is 42.3 Å². The van der Waals surface area contributed by atoms with Gasteiger partial charge in [-0.1, -0.05) is 24.3 Å². The number of carboxylic acid groups (broad SMARTS) is 1. The van der Waals surface area contributed by atoms with E-state index in [4.69, 9.17) is 19.3 Å². The van der Waals surface area contributed by atoms with E-state index in [1.54, 1.807) is 50.4 Å². The lowest BCUT2D eigenvalue weighted by molar-refractivity contribution is -0.149. The van der Waals surface area contributed by atoms with Crippen molar-refractivity contribution < 1.29 is 29.2 Å². The highest BCUT2D eigenvalue weighted by atomic mass is 16.5. The van der Waals surface area contributed by atoms with Gasteiger partial charge in [-0.25, -0.2) is 4.79 Å². The van der Waals surface area contributed by atoms with E-state index in [0.717, 1.165) is 5.56 Å². The molecule has 0 heterocycles. The first-order valence-electron chi connectivity index (χ1n) is 8.41. The van der Waals surface area contributed by atoms with Gasteiger partial charge in [0.1, 0.15) is 24.2 Å². The maximum Gasteiger partial charge on any atom is 0.333 e. The number of aliphatic hydroxyl groups excluding tert-OH is 1. The van der Waals surface area contributed by atoms with E-state index in [1.165, 1.54) is 0 Å². The number of aliphatic carboxylic acids is 1. The minimum atomic E-state index is -0.978. The van der Waals surface area contributed by atoms with E-state index in [0.29, 0.717) is 23.7 Å². The highest BCUT2D eigenvalue weighted by Gasteiger charge is 2.18. The van der Waals surface area contributed by atoms with Crippen LogP contribution in [0.3, 0.4) is 0 Å². The molecule has 0 aromatic heterocycles. The van der Waals surface area contributed by atoms with Crippen LogP contribution in [0.5, 0.6) is 11.5 Å². The normalized spacial score (nSPS) is 13.0. The zero-order valence-electron chi connectivity index (χ0n) is 14.9. The summed E-state index contributed by atoms with van der Waals surface area (Å²) in [5.41, 5.74) is 1.55. The van der Waals surface area contributed by atoms with Crippen LogP contribution in [0.25, 0.3) is 0 Å². The van der Waals surface area contributed by atoms with Crippen molar-refractivity contribution in [2.24, 2.45) is 0 Å².